The Kier molecular flexibility index (Phi) is 6.86. The van der Waals surface area contributed by atoms with Gasteiger partial charge in [-0.1, -0.05) is 24.4 Å². The normalized spacial score (nSPS) is 18.7. The fraction of sp³-hybridized carbons (Fsp3) is 0.591. The van der Waals surface area contributed by atoms with Gasteiger partial charge in [-0.3, -0.25) is 14.3 Å². The van der Waals surface area contributed by atoms with Gasteiger partial charge in [0.15, 0.2) is 0 Å². The van der Waals surface area contributed by atoms with Crippen LogP contribution in [-0.2, 0) is 18.0 Å². The Morgan fingerprint density at radius 3 is 2.48 bits per heavy atom. The Morgan fingerprint density at radius 2 is 1.85 bits per heavy atom. The van der Waals surface area contributed by atoms with Crippen molar-refractivity contribution in [3.05, 3.63) is 45.1 Å². The third-order valence-corrected chi connectivity index (χ3v) is 6.89. The maximum absolute atomic E-state index is 12.9. The van der Waals surface area contributed by atoms with E-state index in [0.29, 0.717) is 13.1 Å². The molecule has 1 saturated carbocycles. The molecular weight excluding hydrogens is 459 g/mol. The first kappa shape index (κ1) is 23.8. The van der Waals surface area contributed by atoms with Crippen LogP contribution in [0.25, 0.3) is 0 Å². The summed E-state index contributed by atoms with van der Waals surface area (Å²) in [6, 6.07) is 3.06. The minimum absolute atomic E-state index is 0.0510. The van der Waals surface area contributed by atoms with E-state index in [9.17, 15) is 22.8 Å². The Labute approximate surface area is 194 Å². The van der Waals surface area contributed by atoms with Gasteiger partial charge in [0, 0.05) is 19.0 Å². The second kappa shape index (κ2) is 9.50. The van der Waals surface area contributed by atoms with E-state index in [1.165, 1.54) is 4.68 Å². The van der Waals surface area contributed by atoms with E-state index in [1.807, 2.05) is 9.47 Å². The van der Waals surface area contributed by atoms with E-state index in [-0.39, 0.29) is 34.9 Å². The van der Waals surface area contributed by atoms with Gasteiger partial charge in [0.1, 0.15) is 5.82 Å². The summed E-state index contributed by atoms with van der Waals surface area (Å²) in [7, 11) is 1.68. The van der Waals surface area contributed by atoms with Gasteiger partial charge in [0.25, 0.3) is 0 Å². The van der Waals surface area contributed by atoms with Crippen LogP contribution in [0.1, 0.15) is 61.9 Å². The van der Waals surface area contributed by atoms with Gasteiger partial charge in [-0.05, 0) is 57.0 Å². The number of hydrogen-bond acceptors (Lipinski definition) is 4. The summed E-state index contributed by atoms with van der Waals surface area (Å²) < 4.78 is 42.1. The second-order valence-corrected chi connectivity index (χ2v) is 9.27. The molecule has 0 bridgehead atoms. The molecule has 0 atom stereocenters. The van der Waals surface area contributed by atoms with Gasteiger partial charge >= 0.3 is 11.9 Å². The molecule has 1 aromatic carbocycles. The van der Waals surface area contributed by atoms with Crippen molar-refractivity contribution < 1.29 is 18.0 Å². The van der Waals surface area contributed by atoms with Crippen LogP contribution in [0.15, 0.2) is 23.0 Å². The zero-order valence-electron chi connectivity index (χ0n) is 18.4. The van der Waals surface area contributed by atoms with Crippen molar-refractivity contribution >= 4 is 23.2 Å². The molecular formula is C22H27ClF3N5O2. The number of likely N-dealkylation sites (tertiary alicyclic amines) is 1. The quantitative estimate of drug-likeness (QED) is 0.689. The fourth-order valence-electron chi connectivity index (χ4n) is 4.82. The highest BCUT2D eigenvalue weighted by Gasteiger charge is 2.32. The van der Waals surface area contributed by atoms with Gasteiger partial charge in [-0.25, -0.2) is 9.48 Å². The molecule has 2 aromatic rings. The minimum atomic E-state index is -4.52. The predicted octanol–water partition coefficient (Wildman–Crippen LogP) is 4.19. The van der Waals surface area contributed by atoms with Gasteiger partial charge in [-0.15, -0.1) is 0 Å². The summed E-state index contributed by atoms with van der Waals surface area (Å²) in [6.07, 6.45) is 1.22. The molecule has 1 aliphatic carbocycles. The molecule has 1 aromatic heterocycles. The van der Waals surface area contributed by atoms with Crippen LogP contribution in [0, 0.1) is 0 Å². The zero-order chi connectivity index (χ0) is 23.8. The number of benzene rings is 1. The van der Waals surface area contributed by atoms with Gasteiger partial charge in [-0.2, -0.15) is 18.3 Å². The van der Waals surface area contributed by atoms with Crippen LogP contribution < -0.4 is 11.0 Å². The summed E-state index contributed by atoms with van der Waals surface area (Å²) in [5.41, 5.74) is -0.996. The molecule has 1 amide bonds. The Balaban J connectivity index is 1.36. The fourth-order valence-corrected chi connectivity index (χ4v) is 4.99. The van der Waals surface area contributed by atoms with Crippen LogP contribution in [0.2, 0.25) is 5.02 Å². The summed E-state index contributed by atoms with van der Waals surface area (Å²) in [4.78, 5) is 27.1. The van der Waals surface area contributed by atoms with Crippen molar-refractivity contribution in [2.75, 3.05) is 25.0 Å². The highest BCUT2D eigenvalue weighted by Crippen LogP contribution is 2.35. The third-order valence-electron chi connectivity index (χ3n) is 6.56. The first-order valence-corrected chi connectivity index (χ1v) is 11.6. The van der Waals surface area contributed by atoms with Gasteiger partial charge in [0.05, 0.1) is 22.8 Å². The largest absolute Gasteiger partial charge is 0.416 e. The Bertz CT molecular complexity index is 1070. The lowest BCUT2D eigenvalue weighted by molar-refractivity contribution is -0.137. The number of carbonyl (C=O) groups excluding carboxylic acids is 1. The number of aryl methyl sites for hydroxylation is 1. The maximum Gasteiger partial charge on any atom is 0.416 e. The first-order chi connectivity index (χ1) is 15.6. The molecule has 0 unspecified atom stereocenters. The van der Waals surface area contributed by atoms with E-state index in [1.54, 1.807) is 7.05 Å². The van der Waals surface area contributed by atoms with Crippen molar-refractivity contribution in [2.24, 2.45) is 7.05 Å². The number of anilines is 1. The van der Waals surface area contributed by atoms with Crippen LogP contribution in [0.4, 0.5) is 18.9 Å². The van der Waals surface area contributed by atoms with Crippen LogP contribution >= 0.6 is 11.6 Å². The van der Waals surface area contributed by atoms with E-state index >= 15 is 0 Å². The number of nitrogens with zero attached hydrogens (tertiary/aromatic N) is 4. The van der Waals surface area contributed by atoms with E-state index in [0.717, 1.165) is 62.5 Å². The monoisotopic (exact) mass is 485 g/mol. The predicted molar refractivity (Wildman–Crippen MR) is 118 cm³/mol. The molecule has 4 rings (SSSR count). The lowest BCUT2D eigenvalue weighted by atomic mass is 9.95. The maximum atomic E-state index is 12.9. The summed E-state index contributed by atoms with van der Waals surface area (Å²) in [5, 5.41) is 7.07. The number of alkyl halides is 3. The van der Waals surface area contributed by atoms with Crippen molar-refractivity contribution in [1.82, 2.24) is 19.2 Å². The SMILES string of the molecule is Cn1nc(C2CCN(CC(=O)Nc3cc(C(F)(F)F)ccc3Cl)CC2)n(C2CCCC2)c1=O. The van der Waals surface area contributed by atoms with Crippen molar-refractivity contribution in [3.63, 3.8) is 0 Å². The topological polar surface area (TPSA) is 72.2 Å². The molecule has 0 radical (unpaired) electrons. The van der Waals surface area contributed by atoms with Crippen LogP contribution in [0.5, 0.6) is 0 Å². The molecule has 1 aliphatic heterocycles. The molecule has 1 N–H and O–H groups in total. The van der Waals surface area contributed by atoms with E-state index in [4.69, 9.17) is 11.6 Å². The number of piperidine rings is 1. The van der Waals surface area contributed by atoms with Crippen LogP contribution in [-0.4, -0.2) is 44.8 Å². The lowest BCUT2D eigenvalue weighted by Crippen LogP contribution is -2.39. The molecule has 180 valence electrons. The number of hydrogen-bond donors (Lipinski definition) is 1. The second-order valence-electron chi connectivity index (χ2n) is 8.86. The average Bonchev–Trinajstić information content (AvgIpc) is 3.38. The molecule has 0 spiro atoms. The minimum Gasteiger partial charge on any atom is -0.324 e. The summed E-state index contributed by atoms with van der Waals surface area (Å²) >= 11 is 5.97. The average molecular weight is 486 g/mol. The first-order valence-electron chi connectivity index (χ1n) is 11.2. The van der Waals surface area contributed by atoms with Crippen LogP contribution in [0.3, 0.4) is 0 Å². The number of rotatable bonds is 5. The molecule has 33 heavy (non-hydrogen) atoms. The molecule has 2 heterocycles. The van der Waals surface area contributed by atoms with Gasteiger partial charge < -0.3 is 5.32 Å². The Morgan fingerprint density at radius 1 is 1.18 bits per heavy atom. The summed E-state index contributed by atoms with van der Waals surface area (Å²) in [5.74, 6) is 0.543. The highest BCUT2D eigenvalue weighted by atomic mass is 35.5. The van der Waals surface area contributed by atoms with Crippen molar-refractivity contribution in [2.45, 2.75) is 56.7 Å². The van der Waals surface area contributed by atoms with Crippen molar-refractivity contribution in [3.8, 4) is 0 Å². The highest BCUT2D eigenvalue weighted by molar-refractivity contribution is 6.33. The molecule has 1 saturated heterocycles. The standard InChI is InChI=1S/C22H27ClF3N5O2/c1-29-21(33)31(16-4-2-3-5-16)20(28-29)14-8-10-30(11-9-14)13-19(32)27-18-12-15(22(24,25)26)6-7-17(18)23/h6-7,12,14,16H,2-5,8-11,13H2,1H3,(H,27,32). The number of nitrogens with one attached hydrogen (secondary N) is 1. The zero-order valence-corrected chi connectivity index (χ0v) is 19.1. The number of aromatic nitrogens is 3. The molecule has 2 fully saturated rings. The van der Waals surface area contributed by atoms with Gasteiger partial charge in [0.2, 0.25) is 5.91 Å². The third kappa shape index (κ3) is 5.27. The van der Waals surface area contributed by atoms with Crippen molar-refractivity contribution in [1.29, 1.82) is 0 Å². The lowest BCUT2D eigenvalue weighted by Gasteiger charge is -2.31. The molecule has 11 heteroatoms. The van der Waals surface area contributed by atoms with E-state index < -0.39 is 17.6 Å². The Hall–Kier alpha value is -2.33. The van der Waals surface area contributed by atoms with E-state index in [2.05, 4.69) is 10.4 Å². The molecule has 2 aliphatic rings. The molecule has 7 nitrogen and oxygen atoms in total. The smallest absolute Gasteiger partial charge is 0.324 e. The number of amides is 1. The summed E-state index contributed by atoms with van der Waals surface area (Å²) in [6.45, 7) is 1.31. The number of carbonyl (C=O) groups is 1. The number of halogens is 4.